The van der Waals surface area contributed by atoms with Crippen molar-refractivity contribution in [2.75, 3.05) is 32.7 Å². The number of tetrazole rings is 1. The van der Waals surface area contributed by atoms with E-state index >= 15 is 0 Å². The lowest BCUT2D eigenvalue weighted by Gasteiger charge is -2.25. The van der Waals surface area contributed by atoms with Crippen molar-refractivity contribution < 1.29 is 4.79 Å². The number of aromatic nitrogens is 4. The third-order valence-corrected chi connectivity index (χ3v) is 2.33. The average molecular weight is 210 g/mol. The number of rotatable bonds is 3. The van der Waals surface area contributed by atoms with Crippen LogP contribution in [0.4, 0.5) is 0 Å². The largest absolute Gasteiger partial charge is 0.314 e. The highest BCUT2D eigenvalue weighted by molar-refractivity contribution is 5.93. The third kappa shape index (κ3) is 2.57. The first kappa shape index (κ1) is 10.2. The van der Waals surface area contributed by atoms with Crippen LogP contribution in [0.2, 0.25) is 0 Å². The number of hydrogen-bond donors (Lipinski definition) is 1. The van der Waals surface area contributed by atoms with Crippen molar-refractivity contribution in [2.45, 2.75) is 0 Å². The van der Waals surface area contributed by atoms with Gasteiger partial charge in [0.1, 0.15) is 0 Å². The van der Waals surface area contributed by atoms with Gasteiger partial charge in [-0.25, -0.2) is 0 Å². The molecule has 0 atom stereocenters. The lowest BCUT2D eigenvalue weighted by atomic mass is 10.3. The number of Topliss-reactive ketones (excluding diaryl/α,β-unsaturated/α-hetero) is 1. The molecule has 1 aromatic heterocycles. The predicted molar refractivity (Wildman–Crippen MR) is 52.4 cm³/mol. The van der Waals surface area contributed by atoms with E-state index in [2.05, 4.69) is 25.6 Å². The van der Waals surface area contributed by atoms with E-state index in [9.17, 15) is 4.79 Å². The molecule has 2 heterocycles. The van der Waals surface area contributed by atoms with Gasteiger partial charge in [0.25, 0.3) is 0 Å². The fraction of sp³-hybridized carbons (Fsp3) is 0.750. The lowest BCUT2D eigenvalue weighted by molar-refractivity contribution is 0.0911. The second-order valence-corrected chi connectivity index (χ2v) is 3.55. The smallest absolute Gasteiger partial charge is 0.241 e. The summed E-state index contributed by atoms with van der Waals surface area (Å²) in [6.07, 6.45) is 0. The molecular formula is C8H14N6O. The molecule has 1 fully saturated rings. The van der Waals surface area contributed by atoms with Crippen LogP contribution in [0.25, 0.3) is 0 Å². The second-order valence-electron chi connectivity index (χ2n) is 3.55. The number of nitrogens with zero attached hydrogens (tertiary/aromatic N) is 5. The summed E-state index contributed by atoms with van der Waals surface area (Å²) < 4.78 is 0. The van der Waals surface area contributed by atoms with Crippen LogP contribution in [0.5, 0.6) is 0 Å². The van der Waals surface area contributed by atoms with Crippen molar-refractivity contribution in [3.8, 4) is 0 Å². The highest BCUT2D eigenvalue weighted by atomic mass is 16.1. The molecule has 0 radical (unpaired) electrons. The lowest BCUT2D eigenvalue weighted by Crippen LogP contribution is -2.45. The Kier molecular flexibility index (Phi) is 3.02. The summed E-state index contributed by atoms with van der Waals surface area (Å²) in [6.45, 7) is 4.04. The predicted octanol–water partition coefficient (Wildman–Crippen LogP) is -1.70. The van der Waals surface area contributed by atoms with E-state index in [1.807, 2.05) is 0 Å². The summed E-state index contributed by atoms with van der Waals surface area (Å²) in [5.41, 5.74) is 0. The number of hydrogen-bond acceptors (Lipinski definition) is 6. The summed E-state index contributed by atoms with van der Waals surface area (Å²) in [4.78, 5) is 15.1. The molecule has 1 aromatic rings. The molecular weight excluding hydrogens is 196 g/mol. The molecule has 82 valence electrons. The Morgan fingerprint density at radius 1 is 1.47 bits per heavy atom. The molecule has 2 rings (SSSR count). The quantitative estimate of drug-likeness (QED) is 0.599. The first-order chi connectivity index (χ1) is 7.25. The van der Waals surface area contributed by atoms with E-state index < -0.39 is 0 Å². The molecule has 0 spiro atoms. The van der Waals surface area contributed by atoms with E-state index in [0.717, 1.165) is 26.2 Å². The Balaban J connectivity index is 1.91. The van der Waals surface area contributed by atoms with Gasteiger partial charge in [-0.05, 0) is 5.21 Å². The minimum absolute atomic E-state index is 0.0648. The van der Waals surface area contributed by atoms with E-state index in [0.29, 0.717) is 6.54 Å². The van der Waals surface area contributed by atoms with Gasteiger partial charge in [0, 0.05) is 26.2 Å². The van der Waals surface area contributed by atoms with Crippen LogP contribution in [0, 0.1) is 0 Å². The minimum Gasteiger partial charge on any atom is -0.314 e. The molecule has 1 aliphatic rings. The second kappa shape index (κ2) is 4.45. The van der Waals surface area contributed by atoms with Gasteiger partial charge in [-0.2, -0.15) is 4.80 Å². The Morgan fingerprint density at radius 2 is 2.20 bits per heavy atom. The third-order valence-electron chi connectivity index (χ3n) is 2.33. The zero-order valence-corrected chi connectivity index (χ0v) is 8.68. The number of ketones is 1. The number of carbonyl (C=O) groups excluding carboxylic acids is 1. The van der Waals surface area contributed by atoms with E-state index in [-0.39, 0.29) is 11.6 Å². The van der Waals surface area contributed by atoms with Gasteiger partial charge in [-0.3, -0.25) is 9.69 Å². The van der Waals surface area contributed by atoms with E-state index in [4.69, 9.17) is 0 Å². The van der Waals surface area contributed by atoms with Gasteiger partial charge in [0.15, 0.2) is 0 Å². The molecule has 7 nitrogen and oxygen atoms in total. The van der Waals surface area contributed by atoms with Crippen molar-refractivity contribution in [1.29, 1.82) is 0 Å². The summed E-state index contributed by atoms with van der Waals surface area (Å²) in [7, 11) is 1.65. The van der Waals surface area contributed by atoms with Gasteiger partial charge in [0.2, 0.25) is 11.6 Å². The van der Waals surface area contributed by atoms with Crippen molar-refractivity contribution in [3.05, 3.63) is 5.82 Å². The zero-order valence-electron chi connectivity index (χ0n) is 8.68. The first-order valence-electron chi connectivity index (χ1n) is 4.96. The summed E-state index contributed by atoms with van der Waals surface area (Å²) in [6, 6.07) is 0. The minimum atomic E-state index is -0.0648. The number of nitrogens with one attached hydrogen (secondary N) is 1. The molecule has 0 unspecified atom stereocenters. The Morgan fingerprint density at radius 3 is 2.80 bits per heavy atom. The molecule has 0 aliphatic carbocycles. The van der Waals surface area contributed by atoms with Crippen molar-refractivity contribution in [2.24, 2.45) is 7.05 Å². The van der Waals surface area contributed by atoms with E-state index in [1.165, 1.54) is 4.80 Å². The standard InChI is InChI=1S/C8H14N6O/c1-13-11-8(10-12-13)7(15)6-14-4-2-9-3-5-14/h9H,2-6H2,1H3. The maximum Gasteiger partial charge on any atom is 0.241 e. The number of aryl methyl sites for hydroxylation is 1. The van der Waals surface area contributed by atoms with Gasteiger partial charge in [-0.1, -0.05) is 0 Å². The first-order valence-corrected chi connectivity index (χ1v) is 4.96. The van der Waals surface area contributed by atoms with Crippen molar-refractivity contribution >= 4 is 5.78 Å². The van der Waals surface area contributed by atoms with Crippen LogP contribution in [0.15, 0.2) is 0 Å². The molecule has 0 saturated carbocycles. The topological polar surface area (TPSA) is 75.9 Å². The molecule has 0 aromatic carbocycles. The fourth-order valence-corrected chi connectivity index (χ4v) is 1.54. The highest BCUT2D eigenvalue weighted by Gasteiger charge is 2.17. The molecule has 1 N–H and O–H groups in total. The van der Waals surface area contributed by atoms with Gasteiger partial charge >= 0.3 is 0 Å². The van der Waals surface area contributed by atoms with Gasteiger partial charge in [-0.15, -0.1) is 10.2 Å². The summed E-state index contributed by atoms with van der Waals surface area (Å²) in [5.74, 6) is 0.140. The van der Waals surface area contributed by atoms with Crippen LogP contribution < -0.4 is 5.32 Å². The Hall–Kier alpha value is -1.34. The molecule has 15 heavy (non-hydrogen) atoms. The fourth-order valence-electron chi connectivity index (χ4n) is 1.54. The maximum absolute atomic E-state index is 11.7. The molecule has 0 amide bonds. The monoisotopic (exact) mass is 210 g/mol. The van der Waals surface area contributed by atoms with Crippen LogP contribution in [0.3, 0.4) is 0 Å². The highest BCUT2D eigenvalue weighted by Crippen LogP contribution is 1.96. The maximum atomic E-state index is 11.7. The zero-order chi connectivity index (χ0) is 10.7. The van der Waals surface area contributed by atoms with Crippen LogP contribution in [-0.2, 0) is 7.05 Å². The van der Waals surface area contributed by atoms with E-state index in [1.54, 1.807) is 7.05 Å². The SMILES string of the molecule is Cn1nnc(C(=O)CN2CCNCC2)n1. The molecule has 0 bridgehead atoms. The van der Waals surface area contributed by atoms with Crippen LogP contribution in [0.1, 0.15) is 10.6 Å². The molecule has 1 saturated heterocycles. The summed E-state index contributed by atoms with van der Waals surface area (Å²) in [5, 5.41) is 14.4. The number of piperazine rings is 1. The Bertz CT molecular complexity index is 343. The normalized spacial score (nSPS) is 17.9. The van der Waals surface area contributed by atoms with Crippen LogP contribution in [-0.4, -0.2) is 63.6 Å². The van der Waals surface area contributed by atoms with Gasteiger partial charge in [0.05, 0.1) is 13.6 Å². The average Bonchev–Trinajstić information content (AvgIpc) is 2.66. The number of carbonyl (C=O) groups is 1. The van der Waals surface area contributed by atoms with Crippen LogP contribution >= 0.6 is 0 Å². The summed E-state index contributed by atoms with van der Waals surface area (Å²) >= 11 is 0. The van der Waals surface area contributed by atoms with Crippen molar-refractivity contribution in [1.82, 2.24) is 30.4 Å². The van der Waals surface area contributed by atoms with Crippen molar-refractivity contribution in [3.63, 3.8) is 0 Å². The molecule has 1 aliphatic heterocycles. The molecule has 7 heteroatoms. The van der Waals surface area contributed by atoms with Gasteiger partial charge < -0.3 is 5.32 Å². The Labute approximate surface area is 87.4 Å².